The summed E-state index contributed by atoms with van der Waals surface area (Å²) in [6.45, 7) is 5.63. The highest BCUT2D eigenvalue weighted by molar-refractivity contribution is 5.79. The predicted molar refractivity (Wildman–Crippen MR) is 75.2 cm³/mol. The molecule has 0 aromatic carbocycles. The van der Waals surface area contributed by atoms with Gasteiger partial charge < -0.3 is 19.3 Å². The third-order valence-electron chi connectivity index (χ3n) is 3.41. The van der Waals surface area contributed by atoms with Gasteiger partial charge in [-0.25, -0.2) is 0 Å². The molecule has 1 rings (SSSR count). The monoisotopic (exact) mass is 284 g/mol. The maximum absolute atomic E-state index is 12.1. The van der Waals surface area contributed by atoms with Gasteiger partial charge in [-0.1, -0.05) is 31.2 Å². The quantitative estimate of drug-likeness (QED) is 0.511. The van der Waals surface area contributed by atoms with Crippen LogP contribution in [0.3, 0.4) is 0 Å². The first-order valence-electron chi connectivity index (χ1n) is 6.91. The second-order valence-corrected chi connectivity index (χ2v) is 4.90. The summed E-state index contributed by atoms with van der Waals surface area (Å²) < 4.78 is 15.6. The fourth-order valence-electron chi connectivity index (χ4n) is 1.83. The smallest absolute Gasteiger partial charge is 0.316 e. The molecule has 0 heterocycles. The predicted octanol–water partition coefficient (Wildman–Crippen LogP) is 1.32. The van der Waals surface area contributed by atoms with Crippen LogP contribution in [-0.4, -0.2) is 50.7 Å². The lowest BCUT2D eigenvalue weighted by Gasteiger charge is -2.30. The van der Waals surface area contributed by atoms with E-state index in [9.17, 15) is 4.79 Å². The van der Waals surface area contributed by atoms with Crippen molar-refractivity contribution in [2.45, 2.75) is 13.8 Å². The van der Waals surface area contributed by atoms with Crippen molar-refractivity contribution in [3.8, 4) is 0 Å². The van der Waals surface area contributed by atoms with Crippen LogP contribution in [0.4, 0.5) is 0 Å². The van der Waals surface area contributed by atoms with Gasteiger partial charge in [0.1, 0.15) is 6.61 Å². The van der Waals surface area contributed by atoms with Gasteiger partial charge in [-0.15, -0.1) is 0 Å². The van der Waals surface area contributed by atoms with Crippen LogP contribution in [0.1, 0.15) is 13.8 Å². The minimum Gasteiger partial charge on any atom is -0.463 e. The molecular formula is C15H24O5. The molecule has 0 aliphatic heterocycles. The largest absolute Gasteiger partial charge is 0.463 e. The number of aliphatic hydroxyl groups excluding tert-OH is 1. The van der Waals surface area contributed by atoms with Gasteiger partial charge >= 0.3 is 5.97 Å². The molecular weight excluding hydrogens is 260 g/mol. The molecule has 5 nitrogen and oxygen atoms in total. The van der Waals surface area contributed by atoms with Gasteiger partial charge in [-0.05, 0) is 12.8 Å². The molecule has 0 radical (unpaired) electrons. The molecule has 0 saturated heterocycles. The minimum absolute atomic E-state index is 0.0103. The average Bonchev–Trinajstić information content (AvgIpc) is 2.45. The van der Waals surface area contributed by atoms with E-state index < -0.39 is 5.41 Å². The zero-order chi connectivity index (χ0) is 14.8. The van der Waals surface area contributed by atoms with Crippen LogP contribution in [0.2, 0.25) is 0 Å². The molecule has 20 heavy (non-hydrogen) atoms. The van der Waals surface area contributed by atoms with Crippen molar-refractivity contribution in [1.82, 2.24) is 0 Å². The fraction of sp³-hybridized carbons (Fsp3) is 0.667. The first-order chi connectivity index (χ1) is 9.61. The zero-order valence-electron chi connectivity index (χ0n) is 12.2. The number of aliphatic hydroxyl groups is 1. The van der Waals surface area contributed by atoms with Gasteiger partial charge in [0.25, 0.3) is 0 Å². The van der Waals surface area contributed by atoms with Crippen molar-refractivity contribution in [2.24, 2.45) is 11.3 Å². The van der Waals surface area contributed by atoms with Crippen LogP contribution in [0, 0.1) is 11.3 Å². The summed E-state index contributed by atoms with van der Waals surface area (Å²) in [4.78, 5) is 12.1. The summed E-state index contributed by atoms with van der Waals surface area (Å²) in [5.41, 5.74) is -0.598. The second kappa shape index (κ2) is 8.89. The van der Waals surface area contributed by atoms with Gasteiger partial charge in [0, 0.05) is 0 Å². The number of carbonyl (C=O) groups excluding carboxylic acids is 1. The van der Waals surface area contributed by atoms with Crippen LogP contribution >= 0.6 is 0 Å². The molecule has 0 aromatic heterocycles. The van der Waals surface area contributed by atoms with Crippen LogP contribution in [0.5, 0.6) is 0 Å². The van der Waals surface area contributed by atoms with Crippen LogP contribution in [0.25, 0.3) is 0 Å². The van der Waals surface area contributed by atoms with Gasteiger partial charge in [0.15, 0.2) is 0 Å². The third-order valence-corrected chi connectivity index (χ3v) is 3.41. The first kappa shape index (κ1) is 16.9. The van der Waals surface area contributed by atoms with Crippen molar-refractivity contribution in [2.75, 3.05) is 39.6 Å². The lowest BCUT2D eigenvalue weighted by atomic mass is 9.75. The van der Waals surface area contributed by atoms with E-state index in [0.29, 0.717) is 26.4 Å². The Hall–Kier alpha value is -1.17. The van der Waals surface area contributed by atoms with Gasteiger partial charge in [-0.3, -0.25) is 4.79 Å². The number of hydrogen-bond donors (Lipinski definition) is 1. The highest BCUT2D eigenvalue weighted by atomic mass is 16.6. The number of carbonyl (C=O) groups is 1. The molecule has 1 aliphatic carbocycles. The summed E-state index contributed by atoms with van der Waals surface area (Å²) in [5.74, 6) is -0.112. The Morgan fingerprint density at radius 3 is 2.45 bits per heavy atom. The molecule has 2 unspecified atom stereocenters. The van der Waals surface area contributed by atoms with Gasteiger partial charge in [-0.2, -0.15) is 0 Å². The Labute approximate surface area is 120 Å². The maximum atomic E-state index is 12.1. The number of esters is 1. The minimum atomic E-state index is -0.598. The molecule has 5 heteroatoms. The summed E-state index contributed by atoms with van der Waals surface area (Å²) in [6, 6.07) is 0. The molecule has 0 amide bonds. The van der Waals surface area contributed by atoms with Crippen molar-refractivity contribution >= 4 is 5.97 Å². The molecule has 0 aromatic rings. The van der Waals surface area contributed by atoms with E-state index >= 15 is 0 Å². The molecule has 0 bridgehead atoms. The Kier molecular flexibility index (Phi) is 7.51. The Balaban J connectivity index is 2.14. The summed E-state index contributed by atoms with van der Waals surface area (Å²) in [6.07, 6.45) is 7.69. The first-order valence-corrected chi connectivity index (χ1v) is 6.91. The van der Waals surface area contributed by atoms with Crippen molar-refractivity contribution < 1.29 is 24.1 Å². The van der Waals surface area contributed by atoms with Crippen molar-refractivity contribution in [1.29, 1.82) is 0 Å². The summed E-state index contributed by atoms with van der Waals surface area (Å²) in [7, 11) is 0. The topological polar surface area (TPSA) is 65.0 Å². The molecule has 0 fully saturated rings. The highest BCUT2D eigenvalue weighted by Gasteiger charge is 2.37. The van der Waals surface area contributed by atoms with Crippen LogP contribution in [-0.2, 0) is 19.0 Å². The molecule has 1 N–H and O–H groups in total. The molecule has 114 valence electrons. The maximum Gasteiger partial charge on any atom is 0.316 e. The Bertz CT molecular complexity index is 350. The van der Waals surface area contributed by atoms with E-state index in [4.69, 9.17) is 19.3 Å². The van der Waals surface area contributed by atoms with E-state index in [1.54, 1.807) is 0 Å². The number of allylic oxidation sites excluding steroid dienone is 3. The fourth-order valence-corrected chi connectivity index (χ4v) is 1.83. The summed E-state index contributed by atoms with van der Waals surface area (Å²) >= 11 is 0. The SMILES string of the molecule is CC1C=CC=CC1(C)C(=O)OCCOCCOCCO. The van der Waals surface area contributed by atoms with Gasteiger partial charge in [0.2, 0.25) is 0 Å². The summed E-state index contributed by atoms with van der Waals surface area (Å²) in [5, 5.41) is 8.50. The van der Waals surface area contributed by atoms with E-state index in [-0.39, 0.29) is 25.1 Å². The number of hydrogen-bond acceptors (Lipinski definition) is 5. The lowest BCUT2D eigenvalue weighted by Crippen LogP contribution is -2.35. The van der Waals surface area contributed by atoms with E-state index in [1.807, 2.05) is 38.2 Å². The van der Waals surface area contributed by atoms with Crippen molar-refractivity contribution in [3.63, 3.8) is 0 Å². The van der Waals surface area contributed by atoms with E-state index in [1.165, 1.54) is 0 Å². The second-order valence-electron chi connectivity index (χ2n) is 4.90. The third kappa shape index (κ3) is 5.07. The number of rotatable bonds is 9. The number of ether oxygens (including phenoxy) is 3. The standard InChI is InChI=1S/C15H24O5/c1-13-5-3-4-6-15(13,2)14(17)20-12-11-19-10-9-18-8-7-16/h3-6,13,16H,7-12H2,1-2H3. The molecule has 2 atom stereocenters. The molecule has 0 spiro atoms. The zero-order valence-corrected chi connectivity index (χ0v) is 12.2. The average molecular weight is 284 g/mol. The lowest BCUT2D eigenvalue weighted by molar-refractivity contribution is -0.155. The Morgan fingerprint density at radius 2 is 1.80 bits per heavy atom. The van der Waals surface area contributed by atoms with Gasteiger partial charge in [0.05, 0.1) is 38.4 Å². The Morgan fingerprint density at radius 1 is 1.15 bits per heavy atom. The van der Waals surface area contributed by atoms with E-state index in [0.717, 1.165) is 0 Å². The van der Waals surface area contributed by atoms with Crippen molar-refractivity contribution in [3.05, 3.63) is 24.3 Å². The van der Waals surface area contributed by atoms with Crippen LogP contribution in [0.15, 0.2) is 24.3 Å². The molecule has 0 saturated carbocycles. The van der Waals surface area contributed by atoms with E-state index in [2.05, 4.69) is 0 Å². The highest BCUT2D eigenvalue weighted by Crippen LogP contribution is 2.34. The van der Waals surface area contributed by atoms with Crippen LogP contribution < -0.4 is 0 Å². The molecule has 1 aliphatic rings. The normalized spacial score (nSPS) is 24.9.